The fourth-order valence-electron chi connectivity index (χ4n) is 1.31. The fourth-order valence-corrected chi connectivity index (χ4v) is 2.29. The number of aliphatic hydroxyl groups is 1. The van der Waals surface area contributed by atoms with Crippen molar-refractivity contribution in [2.75, 3.05) is 6.54 Å². The van der Waals surface area contributed by atoms with Crippen molar-refractivity contribution >= 4 is 17.2 Å². The molecule has 5 heteroatoms. The summed E-state index contributed by atoms with van der Waals surface area (Å²) in [4.78, 5) is 13.2. The van der Waals surface area contributed by atoms with Crippen LogP contribution in [0.1, 0.15) is 29.6 Å². The largest absolute Gasteiger partial charge is 0.382 e. The number of nitrogens with two attached hydrogens (primary N) is 1. The van der Waals surface area contributed by atoms with Crippen molar-refractivity contribution in [1.82, 2.24) is 5.32 Å². The van der Waals surface area contributed by atoms with E-state index >= 15 is 0 Å². The molecule has 0 fully saturated rings. The number of aryl methyl sites for hydroxylation is 1. The zero-order valence-corrected chi connectivity index (χ0v) is 10.4. The van der Waals surface area contributed by atoms with E-state index in [2.05, 4.69) is 24.4 Å². The topological polar surface area (TPSA) is 75.3 Å². The van der Waals surface area contributed by atoms with Crippen molar-refractivity contribution in [2.45, 2.75) is 32.4 Å². The summed E-state index contributed by atoms with van der Waals surface area (Å²) >= 11 is 1.74. The normalized spacial score (nSPS) is 14.7. The van der Waals surface area contributed by atoms with Crippen molar-refractivity contribution in [3.05, 3.63) is 21.9 Å². The molecule has 4 N–H and O–H groups in total. The SMILES string of the molecule is CCc1ccc(C(C)NCC(O)C(N)=O)s1. The maximum absolute atomic E-state index is 10.6. The molecule has 1 heterocycles. The summed E-state index contributed by atoms with van der Waals surface area (Å²) in [7, 11) is 0. The van der Waals surface area contributed by atoms with Gasteiger partial charge in [-0.15, -0.1) is 11.3 Å². The Morgan fingerprint density at radius 2 is 2.31 bits per heavy atom. The van der Waals surface area contributed by atoms with E-state index in [1.807, 2.05) is 6.92 Å². The van der Waals surface area contributed by atoms with E-state index in [1.54, 1.807) is 11.3 Å². The average Bonchev–Trinajstić information content (AvgIpc) is 2.73. The van der Waals surface area contributed by atoms with Gasteiger partial charge in [0.2, 0.25) is 5.91 Å². The molecule has 16 heavy (non-hydrogen) atoms. The molecule has 1 amide bonds. The Labute approximate surface area is 99.5 Å². The molecule has 0 aliphatic carbocycles. The van der Waals surface area contributed by atoms with E-state index in [0.29, 0.717) is 0 Å². The van der Waals surface area contributed by atoms with E-state index in [-0.39, 0.29) is 12.6 Å². The van der Waals surface area contributed by atoms with Crippen LogP contribution in [-0.2, 0) is 11.2 Å². The summed E-state index contributed by atoms with van der Waals surface area (Å²) in [6.07, 6.45) is -0.0885. The summed E-state index contributed by atoms with van der Waals surface area (Å²) in [5.74, 6) is -0.694. The summed E-state index contributed by atoms with van der Waals surface area (Å²) in [5, 5.41) is 12.3. The molecule has 2 atom stereocenters. The Balaban J connectivity index is 2.46. The maximum Gasteiger partial charge on any atom is 0.247 e. The Morgan fingerprint density at radius 3 is 2.81 bits per heavy atom. The zero-order chi connectivity index (χ0) is 12.1. The number of thiophene rings is 1. The number of hydrogen-bond donors (Lipinski definition) is 3. The first-order valence-corrected chi connectivity index (χ1v) is 6.15. The molecule has 2 unspecified atom stereocenters. The number of amides is 1. The summed E-state index contributed by atoms with van der Waals surface area (Å²) in [6.45, 7) is 4.30. The fraction of sp³-hybridized carbons (Fsp3) is 0.545. The number of nitrogens with one attached hydrogen (secondary N) is 1. The predicted octanol–water partition coefficient (Wildman–Crippen LogP) is 0.807. The monoisotopic (exact) mass is 242 g/mol. The molecule has 1 rings (SSSR count). The van der Waals surface area contributed by atoms with Gasteiger partial charge in [0.15, 0.2) is 0 Å². The third-order valence-electron chi connectivity index (χ3n) is 2.40. The minimum Gasteiger partial charge on any atom is -0.382 e. The molecular weight excluding hydrogens is 224 g/mol. The van der Waals surface area contributed by atoms with E-state index < -0.39 is 12.0 Å². The standard InChI is InChI=1S/C11H18N2O2S/c1-3-8-4-5-10(16-8)7(2)13-6-9(14)11(12)15/h4-5,7,9,13-14H,3,6H2,1-2H3,(H2,12,15). The average molecular weight is 242 g/mol. The van der Waals surface area contributed by atoms with E-state index in [4.69, 9.17) is 5.73 Å². The Hall–Kier alpha value is -0.910. The highest BCUT2D eigenvalue weighted by atomic mass is 32.1. The lowest BCUT2D eigenvalue weighted by Crippen LogP contribution is -2.38. The van der Waals surface area contributed by atoms with Crippen LogP contribution < -0.4 is 11.1 Å². The minimum atomic E-state index is -1.12. The molecule has 0 bridgehead atoms. The molecule has 1 aromatic heterocycles. The van der Waals surface area contributed by atoms with Gasteiger partial charge in [-0.1, -0.05) is 6.92 Å². The highest BCUT2D eigenvalue weighted by Gasteiger charge is 2.13. The van der Waals surface area contributed by atoms with E-state index in [0.717, 1.165) is 6.42 Å². The number of primary amides is 1. The van der Waals surface area contributed by atoms with Crippen LogP contribution in [0.5, 0.6) is 0 Å². The number of rotatable bonds is 6. The van der Waals surface area contributed by atoms with Gasteiger partial charge in [-0.2, -0.15) is 0 Å². The highest BCUT2D eigenvalue weighted by Crippen LogP contribution is 2.23. The van der Waals surface area contributed by atoms with Crippen LogP contribution in [0.4, 0.5) is 0 Å². The summed E-state index contributed by atoms with van der Waals surface area (Å²) in [6, 6.07) is 4.29. The lowest BCUT2D eigenvalue weighted by molar-refractivity contribution is -0.125. The predicted molar refractivity (Wildman–Crippen MR) is 65.3 cm³/mol. The van der Waals surface area contributed by atoms with Crippen LogP contribution in [0.2, 0.25) is 0 Å². The van der Waals surface area contributed by atoms with Crippen LogP contribution in [0, 0.1) is 0 Å². The number of carbonyl (C=O) groups excluding carboxylic acids is 1. The summed E-state index contributed by atoms with van der Waals surface area (Å²) < 4.78 is 0. The molecular formula is C11H18N2O2S. The Kier molecular flexibility index (Phi) is 4.92. The zero-order valence-electron chi connectivity index (χ0n) is 9.56. The number of aliphatic hydroxyl groups excluding tert-OH is 1. The molecule has 90 valence electrons. The highest BCUT2D eigenvalue weighted by molar-refractivity contribution is 7.12. The first kappa shape index (κ1) is 13.2. The quantitative estimate of drug-likeness (QED) is 0.691. The lowest BCUT2D eigenvalue weighted by Gasteiger charge is -2.14. The summed E-state index contributed by atoms with van der Waals surface area (Å²) in [5.41, 5.74) is 4.96. The molecule has 0 aliphatic heterocycles. The van der Waals surface area contributed by atoms with Gasteiger partial charge in [0.1, 0.15) is 6.10 Å². The van der Waals surface area contributed by atoms with Gasteiger partial charge in [-0.25, -0.2) is 0 Å². The lowest BCUT2D eigenvalue weighted by atomic mass is 10.2. The maximum atomic E-state index is 10.6. The van der Waals surface area contributed by atoms with Gasteiger partial charge in [0.05, 0.1) is 0 Å². The van der Waals surface area contributed by atoms with Crippen LogP contribution in [0.25, 0.3) is 0 Å². The minimum absolute atomic E-state index is 0.124. The van der Waals surface area contributed by atoms with Crippen molar-refractivity contribution < 1.29 is 9.90 Å². The van der Waals surface area contributed by atoms with Gasteiger partial charge in [-0.3, -0.25) is 4.79 Å². The first-order chi connectivity index (χ1) is 7.54. The first-order valence-electron chi connectivity index (χ1n) is 5.34. The molecule has 0 saturated carbocycles. The van der Waals surface area contributed by atoms with E-state index in [1.165, 1.54) is 9.75 Å². The van der Waals surface area contributed by atoms with Gasteiger partial charge >= 0.3 is 0 Å². The Morgan fingerprint density at radius 1 is 1.62 bits per heavy atom. The molecule has 0 spiro atoms. The molecule has 0 aromatic carbocycles. The van der Waals surface area contributed by atoms with Gasteiger partial charge in [0.25, 0.3) is 0 Å². The van der Waals surface area contributed by atoms with Crippen molar-refractivity contribution in [2.24, 2.45) is 5.73 Å². The second kappa shape index (κ2) is 5.98. The molecule has 4 nitrogen and oxygen atoms in total. The molecule has 0 radical (unpaired) electrons. The van der Waals surface area contributed by atoms with Crippen molar-refractivity contribution in [3.63, 3.8) is 0 Å². The van der Waals surface area contributed by atoms with Crippen molar-refractivity contribution in [3.8, 4) is 0 Å². The molecule has 0 aliphatic rings. The molecule has 0 saturated heterocycles. The van der Waals surface area contributed by atoms with Crippen LogP contribution in [0.15, 0.2) is 12.1 Å². The molecule has 1 aromatic rings. The van der Waals surface area contributed by atoms with E-state index in [9.17, 15) is 9.90 Å². The van der Waals surface area contributed by atoms with Gasteiger partial charge in [-0.05, 0) is 25.5 Å². The van der Waals surface area contributed by atoms with Crippen LogP contribution in [-0.4, -0.2) is 23.7 Å². The Bertz CT molecular complexity index is 352. The third-order valence-corrected chi connectivity index (χ3v) is 3.82. The van der Waals surface area contributed by atoms with Crippen LogP contribution in [0.3, 0.4) is 0 Å². The number of carbonyl (C=O) groups is 1. The second-order valence-electron chi connectivity index (χ2n) is 3.71. The van der Waals surface area contributed by atoms with Gasteiger partial charge < -0.3 is 16.2 Å². The van der Waals surface area contributed by atoms with Gasteiger partial charge in [0, 0.05) is 22.3 Å². The van der Waals surface area contributed by atoms with Crippen LogP contribution >= 0.6 is 11.3 Å². The number of hydrogen-bond acceptors (Lipinski definition) is 4. The third kappa shape index (κ3) is 3.59. The second-order valence-corrected chi connectivity index (χ2v) is 4.91. The smallest absolute Gasteiger partial charge is 0.247 e. The van der Waals surface area contributed by atoms with Crippen molar-refractivity contribution in [1.29, 1.82) is 0 Å².